The van der Waals surface area contributed by atoms with E-state index >= 15 is 0 Å². The number of aliphatic hydroxyl groups excluding tert-OH is 5. The molecule has 232 valence electrons. The fraction of sp³-hybridized carbons (Fsp3) is 0.548. The van der Waals surface area contributed by atoms with Gasteiger partial charge >= 0.3 is 0 Å². The van der Waals surface area contributed by atoms with E-state index in [1.54, 1.807) is 19.2 Å². The molecule has 43 heavy (non-hydrogen) atoms. The van der Waals surface area contributed by atoms with Crippen molar-refractivity contribution in [2.45, 2.75) is 82.1 Å². The number of nitrogens with zero attached hydrogens (tertiary/aromatic N) is 2. The van der Waals surface area contributed by atoms with Crippen molar-refractivity contribution in [2.24, 2.45) is 10.9 Å². The van der Waals surface area contributed by atoms with E-state index in [-0.39, 0.29) is 11.3 Å². The largest absolute Gasteiger partial charge is 0.482 e. The van der Waals surface area contributed by atoms with Gasteiger partial charge in [-0.1, -0.05) is 12.8 Å². The van der Waals surface area contributed by atoms with Crippen molar-refractivity contribution in [3.8, 4) is 5.75 Å². The van der Waals surface area contributed by atoms with Crippen LogP contribution in [0.3, 0.4) is 0 Å². The Balaban J connectivity index is 1.35. The number of aliphatic hydroxyl groups is 5. The number of ether oxygens (including phenoxy) is 1. The lowest BCUT2D eigenvalue weighted by atomic mass is 9.78. The maximum absolute atomic E-state index is 13.2. The summed E-state index contributed by atoms with van der Waals surface area (Å²) >= 11 is 0. The highest BCUT2D eigenvalue weighted by Gasteiger charge is 2.51. The average Bonchev–Trinajstić information content (AvgIpc) is 3.74. The topological polar surface area (TPSA) is 175 Å². The molecule has 1 aliphatic carbocycles. The van der Waals surface area contributed by atoms with E-state index in [4.69, 9.17) is 24.0 Å². The van der Waals surface area contributed by atoms with Gasteiger partial charge in [0.15, 0.2) is 16.8 Å². The van der Waals surface area contributed by atoms with Crippen LogP contribution in [0.25, 0.3) is 11.0 Å². The Morgan fingerprint density at radius 1 is 1.14 bits per heavy atom. The first kappa shape index (κ1) is 29.9. The van der Waals surface area contributed by atoms with Crippen LogP contribution in [0.1, 0.15) is 43.9 Å². The molecule has 1 fully saturated rings. The van der Waals surface area contributed by atoms with Gasteiger partial charge in [-0.15, -0.1) is 0 Å². The van der Waals surface area contributed by atoms with Gasteiger partial charge in [-0.3, -0.25) is 9.79 Å². The van der Waals surface area contributed by atoms with Crippen molar-refractivity contribution >= 4 is 22.9 Å². The van der Waals surface area contributed by atoms with E-state index in [0.29, 0.717) is 41.1 Å². The minimum atomic E-state index is -1.78. The number of aryl methyl sites for hydroxylation is 1. The van der Waals surface area contributed by atoms with Crippen molar-refractivity contribution in [3.05, 3.63) is 57.2 Å². The molecule has 1 aromatic heterocycles. The number of rotatable bonds is 10. The van der Waals surface area contributed by atoms with Gasteiger partial charge < -0.3 is 39.6 Å². The highest BCUT2D eigenvalue weighted by Crippen LogP contribution is 2.51. The molecule has 2 aromatic rings. The first-order chi connectivity index (χ1) is 20.6. The molecular formula is C31H38N2O10. The molecule has 0 radical (unpaired) electrons. The first-order valence-electron chi connectivity index (χ1n) is 14.7. The number of anilines is 1. The zero-order valence-electron chi connectivity index (χ0n) is 24.2. The van der Waals surface area contributed by atoms with Crippen molar-refractivity contribution < 1.29 is 44.5 Å². The van der Waals surface area contributed by atoms with E-state index in [1.165, 1.54) is 6.07 Å². The average molecular weight is 599 g/mol. The van der Waals surface area contributed by atoms with Crippen LogP contribution in [-0.2, 0) is 16.2 Å². The Hall–Kier alpha value is -3.10. The maximum Gasteiger partial charge on any atom is 0.193 e. The molecule has 0 saturated heterocycles. The molecule has 1 aromatic carbocycles. The molecule has 0 bridgehead atoms. The predicted molar refractivity (Wildman–Crippen MR) is 156 cm³/mol. The zero-order valence-corrected chi connectivity index (χ0v) is 24.2. The zero-order chi connectivity index (χ0) is 30.5. The van der Waals surface area contributed by atoms with Crippen LogP contribution >= 0.6 is 0 Å². The van der Waals surface area contributed by atoms with Gasteiger partial charge in [0.1, 0.15) is 54.2 Å². The smallest absolute Gasteiger partial charge is 0.193 e. The van der Waals surface area contributed by atoms with E-state index in [2.05, 4.69) is 4.99 Å². The molecule has 6 atom stereocenters. The van der Waals surface area contributed by atoms with Crippen LogP contribution in [0.5, 0.6) is 5.75 Å². The molecule has 4 aliphatic rings. The molecule has 3 aliphatic heterocycles. The first-order valence-corrected chi connectivity index (χ1v) is 14.7. The lowest BCUT2D eigenvalue weighted by Gasteiger charge is -2.46. The molecule has 1 saturated carbocycles. The number of fused-ring (bicyclic) bond motifs is 3. The second-order valence-electron chi connectivity index (χ2n) is 12.1. The molecular weight excluding hydrogens is 560 g/mol. The van der Waals surface area contributed by atoms with Crippen LogP contribution in [0.2, 0.25) is 0 Å². The summed E-state index contributed by atoms with van der Waals surface area (Å²) in [6.45, 7) is 2.98. The second kappa shape index (κ2) is 11.8. The van der Waals surface area contributed by atoms with E-state index in [9.17, 15) is 25.2 Å². The van der Waals surface area contributed by atoms with Crippen LogP contribution in [0.15, 0.2) is 49.9 Å². The van der Waals surface area contributed by atoms with Gasteiger partial charge in [0.2, 0.25) is 0 Å². The van der Waals surface area contributed by atoms with E-state index < -0.39 is 49.3 Å². The van der Waals surface area contributed by atoms with Gasteiger partial charge in [0.25, 0.3) is 0 Å². The summed E-state index contributed by atoms with van der Waals surface area (Å²) < 4.78 is 13.1. The van der Waals surface area contributed by atoms with Gasteiger partial charge in [0.05, 0.1) is 24.2 Å². The molecule has 4 heterocycles. The molecule has 0 unspecified atom stereocenters. The molecule has 5 N–H and O–H groups in total. The maximum atomic E-state index is 13.2. The summed E-state index contributed by atoms with van der Waals surface area (Å²) in [6.07, 6.45) is 2.49. The van der Waals surface area contributed by atoms with E-state index in [0.717, 1.165) is 42.5 Å². The number of aliphatic imine (C=N–C) groups is 1. The summed E-state index contributed by atoms with van der Waals surface area (Å²) in [5.74, 6) is 1.22. The minimum Gasteiger partial charge on any atom is -0.482 e. The van der Waals surface area contributed by atoms with Crippen LogP contribution in [0, 0.1) is 12.8 Å². The summed E-state index contributed by atoms with van der Waals surface area (Å²) in [4.78, 5) is 31.0. The number of benzene rings is 1. The summed E-state index contributed by atoms with van der Waals surface area (Å²) in [5.41, 5.74) is 2.71. The molecule has 6 rings (SSSR count). The fourth-order valence-electron chi connectivity index (χ4n) is 6.62. The van der Waals surface area contributed by atoms with Crippen molar-refractivity contribution in [3.63, 3.8) is 0 Å². The highest BCUT2D eigenvalue weighted by atomic mass is 17.2. The third-order valence-corrected chi connectivity index (χ3v) is 9.15. The Morgan fingerprint density at radius 3 is 2.60 bits per heavy atom. The van der Waals surface area contributed by atoms with Crippen LogP contribution in [0.4, 0.5) is 5.69 Å². The minimum absolute atomic E-state index is 0.128. The summed E-state index contributed by atoms with van der Waals surface area (Å²) in [5, 5.41) is 49.5. The number of hydrogen-bond donors (Lipinski definition) is 5. The lowest BCUT2D eigenvalue weighted by Crippen LogP contribution is -2.55. The molecule has 0 spiro atoms. The van der Waals surface area contributed by atoms with Crippen molar-refractivity contribution in [2.75, 3.05) is 24.7 Å². The normalized spacial score (nSPS) is 26.1. The third kappa shape index (κ3) is 5.42. The van der Waals surface area contributed by atoms with E-state index in [1.807, 2.05) is 24.1 Å². The Labute approximate surface area is 248 Å². The Bertz CT molecular complexity index is 1530. The molecule has 0 amide bonds. The number of hydrogen-bond acceptors (Lipinski definition) is 12. The third-order valence-electron chi connectivity index (χ3n) is 9.15. The van der Waals surface area contributed by atoms with Crippen LogP contribution < -0.4 is 15.1 Å². The predicted octanol–water partition coefficient (Wildman–Crippen LogP) is 1.41. The molecule has 12 nitrogen and oxygen atoms in total. The van der Waals surface area contributed by atoms with Crippen molar-refractivity contribution in [1.29, 1.82) is 0 Å². The van der Waals surface area contributed by atoms with Gasteiger partial charge in [0, 0.05) is 42.0 Å². The second-order valence-corrected chi connectivity index (χ2v) is 12.1. The highest BCUT2D eigenvalue weighted by molar-refractivity contribution is 5.96. The molecule has 12 heteroatoms. The summed E-state index contributed by atoms with van der Waals surface area (Å²) in [7, 11) is 0. The SMILES string of the molecule is Cc1cc(=O)c2cc3c(c(N4C=C5N=CC=C5C4)c2o1)O[C@](C)(C1CCCC1)[C@H](OOC[C@H](O)[C@@H](O)[C@H](O)[C@H](O)CO)C3. The van der Waals surface area contributed by atoms with Gasteiger partial charge in [-0.25, -0.2) is 9.78 Å². The van der Waals surface area contributed by atoms with Crippen LogP contribution in [-0.4, -0.2) is 87.6 Å². The Morgan fingerprint density at radius 2 is 1.88 bits per heavy atom. The lowest BCUT2D eigenvalue weighted by molar-refractivity contribution is -0.364. The number of allylic oxidation sites excluding steroid dienone is 1. The Kier molecular flexibility index (Phi) is 8.20. The monoisotopic (exact) mass is 598 g/mol. The van der Waals surface area contributed by atoms with Gasteiger partial charge in [-0.2, -0.15) is 0 Å². The fourth-order valence-corrected chi connectivity index (χ4v) is 6.62. The van der Waals surface area contributed by atoms with Crippen molar-refractivity contribution in [1.82, 2.24) is 0 Å². The summed E-state index contributed by atoms with van der Waals surface area (Å²) in [6, 6.07) is 3.23. The van der Waals surface area contributed by atoms with Gasteiger partial charge in [-0.05, 0) is 38.8 Å². The standard InChI is InChI=1S/C31H38N2O10/c1-16-9-22(35)20-10-18-11-25(43-40-15-24(37)28(39)27(38)23(36)14-34)31(2,19-5-3-4-6-19)42-29(18)26(30(20)41-16)33-12-17-7-8-32-21(17)13-33/h7-10,13,19,23-25,27-28,34,36-39H,3-6,11-12,14-15H2,1-2H3/t23-,24+,25-,27-,28-,31-/m1/s1. The quantitative estimate of drug-likeness (QED) is 0.198.